The molecule has 0 radical (unpaired) electrons. The fourth-order valence-corrected chi connectivity index (χ4v) is 4.03. The summed E-state index contributed by atoms with van der Waals surface area (Å²) >= 11 is 0. The number of carbonyl (C=O) groups is 4. The molecule has 202 valence electrons. The van der Waals surface area contributed by atoms with Crippen molar-refractivity contribution in [3.8, 4) is 0 Å². The van der Waals surface area contributed by atoms with Crippen molar-refractivity contribution >= 4 is 24.2 Å². The van der Waals surface area contributed by atoms with Gasteiger partial charge < -0.3 is 20.2 Å². The van der Waals surface area contributed by atoms with Crippen LogP contribution in [0.15, 0.2) is 11.6 Å². The monoisotopic (exact) mass is 496 g/mol. The molecule has 2 aliphatic heterocycles. The Labute approximate surface area is 211 Å². The zero-order chi connectivity index (χ0) is 27.0. The zero-order valence-corrected chi connectivity index (χ0v) is 22.9. The molecule has 2 heterocycles. The van der Waals surface area contributed by atoms with Crippen LogP contribution >= 0.6 is 0 Å². The number of piperidine rings is 1. The lowest BCUT2D eigenvalue weighted by molar-refractivity contribution is -0.138. The molecule has 0 aliphatic carbocycles. The van der Waals surface area contributed by atoms with Crippen molar-refractivity contribution in [2.24, 2.45) is 5.92 Å². The Hall–Kier alpha value is -2.42. The van der Waals surface area contributed by atoms with E-state index in [9.17, 15) is 14.4 Å². The highest BCUT2D eigenvalue weighted by molar-refractivity contribution is 5.93. The highest BCUT2D eigenvalue weighted by Gasteiger charge is 2.32. The quantitative estimate of drug-likeness (QED) is 0.414. The maximum Gasteiger partial charge on any atom is 0.290 e. The van der Waals surface area contributed by atoms with Crippen LogP contribution in [0, 0.1) is 5.92 Å². The molecule has 0 bridgehead atoms. The summed E-state index contributed by atoms with van der Waals surface area (Å²) in [6.45, 7) is 12.6. The minimum atomic E-state index is -0.564. The molecular weight excluding hydrogens is 448 g/mol. The largest absolute Gasteiger partial charge is 0.483 e. The fourth-order valence-electron chi connectivity index (χ4n) is 4.03. The summed E-state index contributed by atoms with van der Waals surface area (Å²) in [5.74, 6) is -0.149. The van der Waals surface area contributed by atoms with Crippen molar-refractivity contribution in [3.05, 3.63) is 11.6 Å². The fraction of sp³-hybridized carbons (Fsp3) is 0.769. The summed E-state index contributed by atoms with van der Waals surface area (Å²) in [5.41, 5.74) is 0.667. The van der Waals surface area contributed by atoms with Gasteiger partial charge in [-0.15, -0.1) is 0 Å². The summed E-state index contributed by atoms with van der Waals surface area (Å²) < 4.78 is 0. The van der Waals surface area contributed by atoms with Gasteiger partial charge >= 0.3 is 0 Å². The third kappa shape index (κ3) is 11.7. The third-order valence-corrected chi connectivity index (χ3v) is 6.08. The van der Waals surface area contributed by atoms with Crippen LogP contribution in [0.3, 0.4) is 0 Å². The number of hydrogen-bond donors (Lipinski definition) is 2. The zero-order valence-electron chi connectivity index (χ0n) is 22.9. The normalized spacial score (nSPS) is 19.0. The van der Waals surface area contributed by atoms with Crippen molar-refractivity contribution in [1.29, 1.82) is 0 Å². The van der Waals surface area contributed by atoms with Crippen LogP contribution in [0.25, 0.3) is 0 Å². The van der Waals surface area contributed by atoms with Gasteiger partial charge in [0.15, 0.2) is 0 Å². The maximum absolute atomic E-state index is 13.0. The number of carbonyl (C=O) groups excluding carboxylic acids is 3. The number of likely N-dealkylation sites (tertiary alicyclic amines) is 2. The molecular formula is C26H48N4O5. The molecule has 0 aromatic carbocycles. The van der Waals surface area contributed by atoms with Gasteiger partial charge in [-0.05, 0) is 52.1 Å². The summed E-state index contributed by atoms with van der Waals surface area (Å²) in [5, 5.41) is 9.87. The summed E-state index contributed by atoms with van der Waals surface area (Å²) in [6.07, 6.45) is 8.16. The van der Waals surface area contributed by atoms with E-state index in [0.29, 0.717) is 12.1 Å². The van der Waals surface area contributed by atoms with Crippen molar-refractivity contribution in [2.75, 3.05) is 40.3 Å². The van der Waals surface area contributed by atoms with E-state index in [1.54, 1.807) is 18.9 Å². The van der Waals surface area contributed by atoms with Gasteiger partial charge in [-0.3, -0.25) is 24.1 Å². The van der Waals surface area contributed by atoms with E-state index in [-0.39, 0.29) is 36.2 Å². The predicted octanol–water partition coefficient (Wildman–Crippen LogP) is 2.76. The lowest BCUT2D eigenvalue weighted by Gasteiger charge is -2.34. The molecule has 2 fully saturated rings. The molecule has 2 saturated heterocycles. The van der Waals surface area contributed by atoms with E-state index in [2.05, 4.69) is 24.1 Å². The van der Waals surface area contributed by atoms with Gasteiger partial charge in [-0.25, -0.2) is 0 Å². The third-order valence-electron chi connectivity index (χ3n) is 6.08. The number of carboxylic acid groups (broad SMARTS) is 1. The van der Waals surface area contributed by atoms with Crippen molar-refractivity contribution in [3.63, 3.8) is 0 Å². The van der Waals surface area contributed by atoms with Crippen LogP contribution in [0.2, 0.25) is 0 Å². The molecule has 35 heavy (non-hydrogen) atoms. The second kappa shape index (κ2) is 17.9. The highest BCUT2D eigenvalue weighted by Crippen LogP contribution is 2.16. The van der Waals surface area contributed by atoms with Crippen LogP contribution in [-0.2, 0) is 19.2 Å². The van der Waals surface area contributed by atoms with Gasteiger partial charge in [0.1, 0.15) is 6.04 Å². The SMILES string of the molecule is C/C(=C\CN(C)C(=O)C(NC(=O)C1CCCCN1C)C(C)C)C(=O)N1CCCC1.CCC.O=CO. The Morgan fingerprint density at radius 3 is 2.09 bits per heavy atom. The Balaban J connectivity index is 0.00000174. The molecule has 0 aromatic heterocycles. The Bertz CT molecular complexity index is 689. The molecule has 3 amide bonds. The van der Waals surface area contributed by atoms with E-state index < -0.39 is 6.04 Å². The van der Waals surface area contributed by atoms with Crippen LogP contribution in [-0.4, -0.2) is 96.4 Å². The molecule has 2 atom stereocenters. The molecule has 0 saturated carbocycles. The first-order chi connectivity index (χ1) is 16.5. The standard InChI is InChI=1S/C22H38N4O3.C3H8.CH2O2/c1-16(2)19(23-20(27)18-10-6-7-12-24(18)4)22(29)25(5)15-11-17(3)21(28)26-13-8-9-14-26;1-3-2;2-1-3/h11,16,18-19H,6-10,12-15H2,1-5H3,(H,23,27);3H2,1-2H3;1H,(H,2,3)/b17-11+;;. The number of rotatable bonds is 7. The van der Waals surface area contributed by atoms with Gasteiger partial charge in [-0.1, -0.05) is 46.6 Å². The van der Waals surface area contributed by atoms with E-state index >= 15 is 0 Å². The summed E-state index contributed by atoms with van der Waals surface area (Å²) in [4.78, 5) is 52.1. The summed E-state index contributed by atoms with van der Waals surface area (Å²) in [6, 6.07) is -0.728. The van der Waals surface area contributed by atoms with E-state index in [1.807, 2.05) is 31.9 Å². The second-order valence-electron chi connectivity index (χ2n) is 9.64. The Morgan fingerprint density at radius 1 is 1.09 bits per heavy atom. The molecule has 9 heteroatoms. The molecule has 2 unspecified atom stereocenters. The molecule has 0 spiro atoms. The maximum atomic E-state index is 13.0. The first kappa shape index (κ1) is 32.6. The van der Waals surface area contributed by atoms with Gasteiger partial charge in [-0.2, -0.15) is 0 Å². The lowest BCUT2D eigenvalue weighted by atomic mass is 9.99. The number of amides is 3. The van der Waals surface area contributed by atoms with Crippen molar-refractivity contribution in [1.82, 2.24) is 20.0 Å². The van der Waals surface area contributed by atoms with E-state index in [0.717, 1.165) is 51.7 Å². The number of nitrogens with zero attached hydrogens (tertiary/aromatic N) is 3. The molecule has 9 nitrogen and oxygen atoms in total. The average Bonchev–Trinajstić information content (AvgIpc) is 3.35. The van der Waals surface area contributed by atoms with Gasteiger partial charge in [0.05, 0.1) is 6.04 Å². The van der Waals surface area contributed by atoms with Crippen LogP contribution in [0.5, 0.6) is 0 Å². The van der Waals surface area contributed by atoms with Gasteiger partial charge in [0, 0.05) is 32.3 Å². The molecule has 2 rings (SSSR count). The minimum absolute atomic E-state index is 0.0147. The average molecular weight is 497 g/mol. The van der Waals surface area contributed by atoms with Crippen molar-refractivity contribution in [2.45, 2.75) is 85.2 Å². The number of nitrogens with one attached hydrogen (secondary N) is 1. The Kier molecular flexibility index (Phi) is 16.7. The van der Waals surface area contributed by atoms with Crippen molar-refractivity contribution < 1.29 is 24.3 Å². The minimum Gasteiger partial charge on any atom is -0.483 e. The van der Waals surface area contributed by atoms with Crippen LogP contribution < -0.4 is 5.32 Å². The smallest absolute Gasteiger partial charge is 0.290 e. The topological polar surface area (TPSA) is 110 Å². The molecule has 2 N–H and O–H groups in total. The first-order valence-corrected chi connectivity index (χ1v) is 12.8. The van der Waals surface area contributed by atoms with Crippen LogP contribution in [0.1, 0.15) is 73.1 Å². The predicted molar refractivity (Wildman–Crippen MR) is 139 cm³/mol. The van der Waals surface area contributed by atoms with E-state index in [4.69, 9.17) is 9.90 Å². The molecule has 0 aromatic rings. The number of hydrogen-bond acceptors (Lipinski definition) is 5. The van der Waals surface area contributed by atoms with Gasteiger partial charge in [0.25, 0.3) is 6.47 Å². The highest BCUT2D eigenvalue weighted by atomic mass is 16.3. The second-order valence-corrected chi connectivity index (χ2v) is 9.64. The van der Waals surface area contributed by atoms with Gasteiger partial charge in [0.2, 0.25) is 17.7 Å². The first-order valence-electron chi connectivity index (χ1n) is 12.8. The molecule has 2 aliphatic rings. The van der Waals surface area contributed by atoms with E-state index in [1.165, 1.54) is 6.42 Å². The number of likely N-dealkylation sites (N-methyl/N-ethyl adjacent to an activating group) is 2. The Morgan fingerprint density at radius 2 is 1.60 bits per heavy atom. The van der Waals surface area contributed by atoms with Crippen LogP contribution in [0.4, 0.5) is 0 Å². The summed E-state index contributed by atoms with van der Waals surface area (Å²) in [7, 11) is 3.69. The lowest BCUT2D eigenvalue weighted by Crippen LogP contribution is -2.56.